The Hall–Kier alpha value is -0.330. The van der Waals surface area contributed by atoms with E-state index in [9.17, 15) is 4.79 Å². The number of rotatable bonds is 9. The number of aldehydes is 1. The average molecular weight is 212 g/mol. The van der Waals surface area contributed by atoms with Gasteiger partial charge in [-0.3, -0.25) is 0 Å². The van der Waals surface area contributed by atoms with E-state index in [4.69, 9.17) is 0 Å². The third-order valence-corrected chi connectivity index (χ3v) is 3.83. The van der Waals surface area contributed by atoms with Crippen molar-refractivity contribution >= 4 is 6.29 Å². The van der Waals surface area contributed by atoms with Crippen molar-refractivity contribution < 1.29 is 4.79 Å². The highest BCUT2D eigenvalue weighted by Gasteiger charge is 2.34. The Morgan fingerprint density at radius 1 is 1.13 bits per heavy atom. The van der Waals surface area contributed by atoms with Crippen LogP contribution in [0.15, 0.2) is 0 Å². The molecular weight excluding hydrogens is 184 g/mol. The quantitative estimate of drug-likeness (QED) is 0.511. The summed E-state index contributed by atoms with van der Waals surface area (Å²) in [5, 5.41) is 0. The molecule has 0 radical (unpaired) electrons. The van der Waals surface area contributed by atoms with E-state index in [2.05, 4.69) is 27.7 Å². The summed E-state index contributed by atoms with van der Waals surface area (Å²) in [6.07, 6.45) is 9.27. The Labute approximate surface area is 95.6 Å². The molecule has 0 saturated heterocycles. The second-order valence-corrected chi connectivity index (χ2v) is 4.70. The molecule has 0 aromatic rings. The maximum atomic E-state index is 11.4. The molecule has 0 N–H and O–H groups in total. The first-order chi connectivity index (χ1) is 7.20. The third kappa shape index (κ3) is 3.96. The number of hydrogen-bond acceptors (Lipinski definition) is 1. The van der Waals surface area contributed by atoms with Crippen LogP contribution >= 0.6 is 0 Å². The van der Waals surface area contributed by atoms with Crippen LogP contribution in [-0.2, 0) is 4.79 Å². The minimum Gasteiger partial charge on any atom is -0.303 e. The maximum absolute atomic E-state index is 11.4. The zero-order valence-electron chi connectivity index (χ0n) is 11.0. The van der Waals surface area contributed by atoms with Crippen LogP contribution in [0.1, 0.15) is 72.6 Å². The van der Waals surface area contributed by atoms with E-state index in [1.165, 1.54) is 32.0 Å². The summed E-state index contributed by atoms with van der Waals surface area (Å²) in [7, 11) is 0. The SMILES string of the molecule is CCCCC(C=O)(CC)C(CC)CCC. The topological polar surface area (TPSA) is 17.1 Å². The summed E-state index contributed by atoms with van der Waals surface area (Å²) < 4.78 is 0. The summed E-state index contributed by atoms with van der Waals surface area (Å²) in [4.78, 5) is 11.4. The van der Waals surface area contributed by atoms with Gasteiger partial charge < -0.3 is 4.79 Å². The Morgan fingerprint density at radius 2 is 1.80 bits per heavy atom. The van der Waals surface area contributed by atoms with E-state index in [0.29, 0.717) is 5.92 Å². The van der Waals surface area contributed by atoms with Crippen LogP contribution in [0.3, 0.4) is 0 Å². The Bertz CT molecular complexity index is 165. The lowest BCUT2D eigenvalue weighted by molar-refractivity contribution is -0.120. The van der Waals surface area contributed by atoms with Gasteiger partial charge in [-0.15, -0.1) is 0 Å². The van der Waals surface area contributed by atoms with Gasteiger partial charge in [0.25, 0.3) is 0 Å². The van der Waals surface area contributed by atoms with E-state index in [1.807, 2.05) is 0 Å². The van der Waals surface area contributed by atoms with E-state index < -0.39 is 0 Å². The first kappa shape index (κ1) is 14.7. The lowest BCUT2D eigenvalue weighted by Gasteiger charge is -2.35. The normalized spacial score (nSPS) is 17.1. The van der Waals surface area contributed by atoms with Crippen LogP contribution in [-0.4, -0.2) is 6.29 Å². The molecule has 0 bridgehead atoms. The first-order valence-corrected chi connectivity index (χ1v) is 6.67. The van der Waals surface area contributed by atoms with Crippen LogP contribution in [0.4, 0.5) is 0 Å². The summed E-state index contributed by atoms with van der Waals surface area (Å²) in [5.41, 5.74) is -0.0270. The molecule has 2 atom stereocenters. The smallest absolute Gasteiger partial charge is 0.126 e. The minimum absolute atomic E-state index is 0.0270. The van der Waals surface area contributed by atoms with Crippen LogP contribution in [0.2, 0.25) is 0 Å². The molecule has 0 saturated carbocycles. The molecule has 15 heavy (non-hydrogen) atoms. The zero-order valence-corrected chi connectivity index (χ0v) is 11.0. The molecule has 0 aliphatic carbocycles. The molecule has 0 heterocycles. The Kier molecular flexibility index (Phi) is 7.72. The van der Waals surface area contributed by atoms with E-state index in [-0.39, 0.29) is 5.41 Å². The van der Waals surface area contributed by atoms with Gasteiger partial charge in [-0.25, -0.2) is 0 Å². The van der Waals surface area contributed by atoms with Crippen molar-refractivity contribution in [2.24, 2.45) is 11.3 Å². The predicted molar refractivity (Wildman–Crippen MR) is 67.0 cm³/mol. The Morgan fingerprint density at radius 3 is 2.13 bits per heavy atom. The summed E-state index contributed by atoms with van der Waals surface area (Å²) in [6, 6.07) is 0. The van der Waals surface area contributed by atoms with Crippen molar-refractivity contribution in [1.29, 1.82) is 0 Å². The van der Waals surface area contributed by atoms with Crippen molar-refractivity contribution in [3.8, 4) is 0 Å². The average Bonchev–Trinajstić information content (AvgIpc) is 2.29. The molecule has 0 aliphatic rings. The minimum atomic E-state index is -0.0270. The summed E-state index contributed by atoms with van der Waals surface area (Å²) in [5.74, 6) is 0.594. The van der Waals surface area contributed by atoms with Crippen molar-refractivity contribution in [3.63, 3.8) is 0 Å². The standard InChI is InChI=1S/C14H28O/c1-5-9-11-14(8-4,12-15)13(7-3)10-6-2/h12-13H,5-11H2,1-4H3. The molecule has 0 aromatic heterocycles. The van der Waals surface area contributed by atoms with Gasteiger partial charge in [-0.1, -0.05) is 53.4 Å². The first-order valence-electron chi connectivity index (χ1n) is 6.67. The molecule has 0 rings (SSSR count). The second-order valence-electron chi connectivity index (χ2n) is 4.70. The van der Waals surface area contributed by atoms with E-state index in [1.54, 1.807) is 0 Å². The van der Waals surface area contributed by atoms with Crippen LogP contribution < -0.4 is 0 Å². The van der Waals surface area contributed by atoms with E-state index >= 15 is 0 Å². The summed E-state index contributed by atoms with van der Waals surface area (Å²) >= 11 is 0. The van der Waals surface area contributed by atoms with Gasteiger partial charge in [0.2, 0.25) is 0 Å². The van der Waals surface area contributed by atoms with Gasteiger partial charge in [0.05, 0.1) is 0 Å². The number of unbranched alkanes of at least 4 members (excludes halogenated alkanes) is 1. The zero-order chi connectivity index (χ0) is 11.7. The number of carbonyl (C=O) groups excluding carboxylic acids is 1. The van der Waals surface area contributed by atoms with Gasteiger partial charge in [0.15, 0.2) is 0 Å². The van der Waals surface area contributed by atoms with Crippen LogP contribution in [0, 0.1) is 11.3 Å². The fourth-order valence-corrected chi connectivity index (χ4v) is 2.66. The molecule has 0 aromatic carbocycles. The molecule has 0 spiro atoms. The van der Waals surface area contributed by atoms with Gasteiger partial charge in [-0.2, -0.15) is 0 Å². The highest BCUT2D eigenvalue weighted by Crippen LogP contribution is 2.39. The summed E-state index contributed by atoms with van der Waals surface area (Å²) in [6.45, 7) is 8.81. The maximum Gasteiger partial charge on any atom is 0.126 e. The van der Waals surface area contributed by atoms with Crippen molar-refractivity contribution in [2.75, 3.05) is 0 Å². The van der Waals surface area contributed by atoms with Crippen molar-refractivity contribution in [3.05, 3.63) is 0 Å². The largest absolute Gasteiger partial charge is 0.303 e. The highest BCUT2D eigenvalue weighted by molar-refractivity contribution is 5.59. The Balaban J connectivity index is 4.61. The third-order valence-electron chi connectivity index (χ3n) is 3.83. The van der Waals surface area contributed by atoms with Crippen LogP contribution in [0.25, 0.3) is 0 Å². The van der Waals surface area contributed by atoms with Gasteiger partial charge in [-0.05, 0) is 25.2 Å². The van der Waals surface area contributed by atoms with Crippen LogP contribution in [0.5, 0.6) is 0 Å². The fourth-order valence-electron chi connectivity index (χ4n) is 2.66. The highest BCUT2D eigenvalue weighted by atomic mass is 16.1. The molecular formula is C14H28O. The monoisotopic (exact) mass is 212 g/mol. The lowest BCUT2D eigenvalue weighted by Crippen LogP contribution is -2.31. The molecule has 0 amide bonds. The number of carbonyl (C=O) groups is 1. The van der Waals surface area contributed by atoms with Crippen molar-refractivity contribution in [1.82, 2.24) is 0 Å². The molecule has 90 valence electrons. The van der Waals surface area contributed by atoms with Crippen molar-refractivity contribution in [2.45, 2.75) is 72.6 Å². The van der Waals surface area contributed by atoms with E-state index in [0.717, 1.165) is 19.3 Å². The predicted octanol–water partition coefficient (Wildman–Crippen LogP) is 4.60. The molecule has 0 fully saturated rings. The van der Waals surface area contributed by atoms with Gasteiger partial charge in [0.1, 0.15) is 6.29 Å². The molecule has 2 unspecified atom stereocenters. The molecule has 0 aliphatic heterocycles. The fraction of sp³-hybridized carbons (Fsp3) is 0.929. The molecule has 1 heteroatoms. The molecule has 1 nitrogen and oxygen atoms in total. The lowest BCUT2D eigenvalue weighted by atomic mass is 9.68. The van der Waals surface area contributed by atoms with Gasteiger partial charge in [0, 0.05) is 5.41 Å². The van der Waals surface area contributed by atoms with Gasteiger partial charge >= 0.3 is 0 Å². The number of hydrogen-bond donors (Lipinski definition) is 0. The second kappa shape index (κ2) is 7.90.